The van der Waals surface area contributed by atoms with Crippen LogP contribution in [-0.2, 0) is 14.6 Å². The van der Waals surface area contributed by atoms with E-state index < -0.39 is 9.84 Å². The molecule has 5 nitrogen and oxygen atoms in total. The minimum absolute atomic E-state index is 0.0326. The Kier molecular flexibility index (Phi) is 5.16. The largest absolute Gasteiger partial charge is 0.344 e. The summed E-state index contributed by atoms with van der Waals surface area (Å²) in [5, 5.41) is 3.24. The Bertz CT molecular complexity index is 386. The minimum atomic E-state index is -3.02. The second-order valence-corrected chi connectivity index (χ2v) is 7.57. The molecule has 0 radical (unpaired) electrons. The monoisotopic (exact) mass is 276 g/mol. The van der Waals surface area contributed by atoms with Crippen LogP contribution in [0.3, 0.4) is 0 Å². The van der Waals surface area contributed by atoms with Crippen LogP contribution >= 0.6 is 0 Å². The number of carbonyl (C=O) groups excluding carboxylic acids is 1. The number of nitrogens with zero attached hydrogens (tertiary/aromatic N) is 1. The zero-order valence-corrected chi connectivity index (χ0v) is 12.3. The molecule has 1 heterocycles. The number of hydrogen-bond donors (Lipinski definition) is 1. The van der Waals surface area contributed by atoms with E-state index in [1.165, 1.54) is 6.26 Å². The summed E-state index contributed by atoms with van der Waals surface area (Å²) < 4.78 is 22.3. The van der Waals surface area contributed by atoms with Crippen molar-refractivity contribution in [3.05, 3.63) is 0 Å². The quantitative estimate of drug-likeness (QED) is 0.756. The van der Waals surface area contributed by atoms with E-state index in [9.17, 15) is 13.2 Å². The second kappa shape index (κ2) is 6.02. The van der Waals surface area contributed by atoms with Crippen molar-refractivity contribution in [2.24, 2.45) is 5.41 Å². The fourth-order valence-corrected chi connectivity index (χ4v) is 3.14. The standard InChI is InChI=1S/C12H24N2O3S/c1-4-5-12(6-7-13-10-12)11(15)14(2)8-9-18(3,16)17/h13H,4-10H2,1-3H3. The van der Waals surface area contributed by atoms with Gasteiger partial charge < -0.3 is 10.2 Å². The van der Waals surface area contributed by atoms with E-state index in [0.29, 0.717) is 6.54 Å². The molecule has 1 amide bonds. The molecule has 6 heteroatoms. The van der Waals surface area contributed by atoms with Gasteiger partial charge in [0.1, 0.15) is 9.84 Å². The lowest BCUT2D eigenvalue weighted by Crippen LogP contribution is -2.45. The van der Waals surface area contributed by atoms with E-state index in [1.54, 1.807) is 11.9 Å². The number of sulfone groups is 1. The van der Waals surface area contributed by atoms with Crippen molar-refractivity contribution in [3.8, 4) is 0 Å². The predicted octanol–water partition coefficient (Wildman–Crippen LogP) is 0.269. The Morgan fingerprint density at radius 1 is 1.44 bits per heavy atom. The fourth-order valence-electron chi connectivity index (χ4n) is 2.53. The van der Waals surface area contributed by atoms with E-state index in [0.717, 1.165) is 25.8 Å². The Morgan fingerprint density at radius 3 is 2.56 bits per heavy atom. The van der Waals surface area contributed by atoms with Crippen molar-refractivity contribution in [1.29, 1.82) is 0 Å². The topological polar surface area (TPSA) is 66.5 Å². The van der Waals surface area contributed by atoms with Gasteiger partial charge in [-0.3, -0.25) is 4.79 Å². The molecule has 1 N–H and O–H groups in total. The van der Waals surface area contributed by atoms with E-state index in [1.807, 2.05) is 0 Å². The van der Waals surface area contributed by atoms with Crippen LogP contribution in [0.25, 0.3) is 0 Å². The molecule has 18 heavy (non-hydrogen) atoms. The molecule has 1 aliphatic rings. The normalized spacial score (nSPS) is 24.2. The van der Waals surface area contributed by atoms with Crippen molar-refractivity contribution in [3.63, 3.8) is 0 Å². The van der Waals surface area contributed by atoms with E-state index >= 15 is 0 Å². The van der Waals surface area contributed by atoms with E-state index in [-0.39, 0.29) is 23.6 Å². The lowest BCUT2D eigenvalue weighted by molar-refractivity contribution is -0.140. The Balaban J connectivity index is 2.66. The molecular formula is C12H24N2O3S. The second-order valence-electron chi connectivity index (χ2n) is 5.31. The van der Waals surface area contributed by atoms with Crippen molar-refractivity contribution in [2.45, 2.75) is 26.2 Å². The number of rotatable bonds is 6. The number of nitrogens with one attached hydrogen (secondary N) is 1. The molecule has 0 aromatic rings. The highest BCUT2D eigenvalue weighted by atomic mass is 32.2. The molecule has 0 aromatic carbocycles. The van der Waals surface area contributed by atoms with Gasteiger partial charge in [-0.1, -0.05) is 13.3 Å². The molecule has 1 unspecified atom stereocenters. The molecular weight excluding hydrogens is 252 g/mol. The van der Waals surface area contributed by atoms with Crippen molar-refractivity contribution < 1.29 is 13.2 Å². The molecule has 0 aliphatic carbocycles. The van der Waals surface area contributed by atoms with Crippen molar-refractivity contribution >= 4 is 15.7 Å². The van der Waals surface area contributed by atoms with Crippen LogP contribution in [0.5, 0.6) is 0 Å². The van der Waals surface area contributed by atoms with Crippen LogP contribution in [0.1, 0.15) is 26.2 Å². The third-order valence-electron chi connectivity index (χ3n) is 3.57. The predicted molar refractivity (Wildman–Crippen MR) is 72.2 cm³/mol. The van der Waals surface area contributed by atoms with Crippen LogP contribution < -0.4 is 5.32 Å². The molecule has 106 valence electrons. The van der Waals surface area contributed by atoms with Gasteiger partial charge in [0.15, 0.2) is 0 Å². The Labute approximate surface area is 110 Å². The first-order chi connectivity index (χ1) is 8.31. The molecule has 0 spiro atoms. The summed E-state index contributed by atoms with van der Waals surface area (Å²) in [5.41, 5.74) is -0.318. The molecule has 1 fully saturated rings. The summed E-state index contributed by atoms with van der Waals surface area (Å²) in [7, 11) is -1.32. The average molecular weight is 276 g/mol. The SMILES string of the molecule is CCCC1(C(=O)N(C)CCS(C)(=O)=O)CCNC1. The van der Waals surface area contributed by atoms with Gasteiger partial charge in [0.2, 0.25) is 5.91 Å². The summed E-state index contributed by atoms with van der Waals surface area (Å²) in [6, 6.07) is 0. The molecule has 0 bridgehead atoms. The first kappa shape index (κ1) is 15.4. The van der Waals surface area contributed by atoms with Gasteiger partial charge in [-0.25, -0.2) is 8.42 Å². The van der Waals surface area contributed by atoms with Crippen LogP contribution in [0.2, 0.25) is 0 Å². The van der Waals surface area contributed by atoms with Crippen LogP contribution in [0.15, 0.2) is 0 Å². The van der Waals surface area contributed by atoms with Gasteiger partial charge >= 0.3 is 0 Å². The number of carbonyl (C=O) groups is 1. The third kappa shape index (κ3) is 3.95. The molecule has 1 aliphatic heterocycles. The first-order valence-corrected chi connectivity index (χ1v) is 8.51. The summed E-state index contributed by atoms with van der Waals surface area (Å²) in [6.45, 7) is 3.93. The van der Waals surface area contributed by atoms with E-state index in [2.05, 4.69) is 12.2 Å². The maximum Gasteiger partial charge on any atom is 0.229 e. The number of amides is 1. The average Bonchev–Trinajstić information content (AvgIpc) is 2.74. The molecule has 0 saturated carbocycles. The zero-order valence-electron chi connectivity index (χ0n) is 11.5. The molecule has 1 atom stereocenters. The smallest absolute Gasteiger partial charge is 0.229 e. The summed E-state index contributed by atoms with van der Waals surface area (Å²) in [5.74, 6) is 0.114. The maximum atomic E-state index is 12.5. The molecule has 1 saturated heterocycles. The van der Waals surface area contributed by atoms with E-state index in [4.69, 9.17) is 0 Å². The fraction of sp³-hybridized carbons (Fsp3) is 0.917. The highest BCUT2D eigenvalue weighted by Crippen LogP contribution is 2.32. The summed E-state index contributed by atoms with van der Waals surface area (Å²) in [4.78, 5) is 14.0. The van der Waals surface area contributed by atoms with Gasteiger partial charge in [0, 0.05) is 26.4 Å². The lowest BCUT2D eigenvalue weighted by Gasteiger charge is -2.31. The summed E-state index contributed by atoms with van der Waals surface area (Å²) in [6.07, 6.45) is 3.88. The Morgan fingerprint density at radius 2 is 2.11 bits per heavy atom. The third-order valence-corrected chi connectivity index (χ3v) is 4.49. The van der Waals surface area contributed by atoms with Crippen LogP contribution in [0, 0.1) is 5.41 Å². The number of hydrogen-bond acceptors (Lipinski definition) is 4. The highest BCUT2D eigenvalue weighted by Gasteiger charge is 2.41. The minimum Gasteiger partial charge on any atom is -0.344 e. The van der Waals surface area contributed by atoms with Crippen molar-refractivity contribution in [2.75, 3.05) is 38.7 Å². The van der Waals surface area contributed by atoms with Gasteiger partial charge in [-0.15, -0.1) is 0 Å². The van der Waals surface area contributed by atoms with Crippen molar-refractivity contribution in [1.82, 2.24) is 10.2 Å². The maximum absolute atomic E-state index is 12.5. The highest BCUT2D eigenvalue weighted by molar-refractivity contribution is 7.90. The van der Waals surface area contributed by atoms with Crippen LogP contribution in [-0.4, -0.2) is 57.9 Å². The van der Waals surface area contributed by atoms with Crippen LogP contribution in [0.4, 0.5) is 0 Å². The van der Waals surface area contributed by atoms with Gasteiger partial charge in [-0.2, -0.15) is 0 Å². The lowest BCUT2D eigenvalue weighted by atomic mass is 9.81. The summed E-state index contributed by atoms with van der Waals surface area (Å²) >= 11 is 0. The van der Waals surface area contributed by atoms with Gasteiger partial charge in [0.25, 0.3) is 0 Å². The molecule has 0 aromatic heterocycles. The van der Waals surface area contributed by atoms with Gasteiger partial charge in [-0.05, 0) is 19.4 Å². The first-order valence-electron chi connectivity index (χ1n) is 6.45. The zero-order chi connectivity index (χ0) is 13.8. The van der Waals surface area contributed by atoms with Gasteiger partial charge in [0.05, 0.1) is 11.2 Å². The molecule has 1 rings (SSSR count). The Hall–Kier alpha value is -0.620.